The Morgan fingerprint density at radius 2 is 2.00 bits per heavy atom. The van der Waals surface area contributed by atoms with E-state index in [2.05, 4.69) is 49.2 Å². The average Bonchev–Trinajstić information content (AvgIpc) is 3.00. The van der Waals surface area contributed by atoms with E-state index in [0.29, 0.717) is 18.3 Å². The maximum Gasteiger partial charge on any atom is 0.174 e. The van der Waals surface area contributed by atoms with Crippen molar-refractivity contribution in [3.05, 3.63) is 53.5 Å². The van der Waals surface area contributed by atoms with E-state index in [9.17, 15) is 0 Å². The van der Waals surface area contributed by atoms with Gasteiger partial charge in [-0.2, -0.15) is 0 Å². The molecular weight excluding hydrogens is 308 g/mol. The van der Waals surface area contributed by atoms with Gasteiger partial charge in [0.05, 0.1) is 18.9 Å². The second kappa shape index (κ2) is 8.13. The molecule has 1 aromatic carbocycles. The highest BCUT2D eigenvalue weighted by molar-refractivity contribution is 7.80. The first-order chi connectivity index (χ1) is 11.0. The molecule has 0 bridgehead atoms. The molecule has 4 nitrogen and oxygen atoms in total. The maximum atomic E-state index is 5.63. The second-order valence-electron chi connectivity index (χ2n) is 5.68. The molecule has 5 heteroatoms. The van der Waals surface area contributed by atoms with Gasteiger partial charge in [0.25, 0.3) is 0 Å². The minimum Gasteiger partial charge on any atom is -0.467 e. The van der Waals surface area contributed by atoms with Gasteiger partial charge in [-0.1, -0.05) is 6.07 Å². The highest BCUT2D eigenvalue weighted by Crippen LogP contribution is 2.22. The Hall–Kier alpha value is -1.85. The van der Waals surface area contributed by atoms with Gasteiger partial charge in [-0.25, -0.2) is 0 Å². The molecule has 0 amide bonds. The van der Waals surface area contributed by atoms with Gasteiger partial charge in [-0.05, 0) is 68.4 Å². The van der Waals surface area contributed by atoms with Gasteiger partial charge < -0.3 is 19.4 Å². The summed E-state index contributed by atoms with van der Waals surface area (Å²) in [4.78, 5) is 2.08. The van der Waals surface area contributed by atoms with Gasteiger partial charge in [0.1, 0.15) is 5.76 Å². The number of nitrogens with one attached hydrogen (secondary N) is 1. The average molecular weight is 332 g/mol. The van der Waals surface area contributed by atoms with Crippen LogP contribution in [0, 0.1) is 13.8 Å². The Bertz CT molecular complexity index is 620. The molecule has 0 saturated heterocycles. The van der Waals surface area contributed by atoms with E-state index in [4.69, 9.17) is 21.4 Å². The molecule has 0 aliphatic heterocycles. The zero-order valence-corrected chi connectivity index (χ0v) is 14.9. The van der Waals surface area contributed by atoms with Gasteiger partial charge in [-0.3, -0.25) is 0 Å². The Balaban J connectivity index is 2.15. The minimum atomic E-state index is 0.0334. The topological polar surface area (TPSA) is 37.6 Å². The Morgan fingerprint density at radius 3 is 2.57 bits per heavy atom. The number of anilines is 1. The Morgan fingerprint density at radius 1 is 1.30 bits per heavy atom. The fourth-order valence-corrected chi connectivity index (χ4v) is 2.95. The summed E-state index contributed by atoms with van der Waals surface area (Å²) in [6, 6.07) is 10.2. The molecule has 0 fully saturated rings. The molecule has 0 aliphatic carbocycles. The lowest BCUT2D eigenvalue weighted by atomic mass is 10.1. The summed E-state index contributed by atoms with van der Waals surface area (Å²) in [6.07, 6.45) is 1.68. The third-order valence-electron chi connectivity index (χ3n) is 3.69. The fourth-order valence-electron chi connectivity index (χ4n) is 2.59. The first-order valence-corrected chi connectivity index (χ1v) is 8.10. The number of aryl methyl sites for hydroxylation is 2. The molecule has 0 saturated carbocycles. The third kappa shape index (κ3) is 4.81. The highest BCUT2D eigenvalue weighted by atomic mass is 32.1. The maximum absolute atomic E-state index is 5.63. The van der Waals surface area contributed by atoms with Crippen molar-refractivity contribution >= 4 is 23.0 Å². The van der Waals surface area contributed by atoms with Crippen molar-refractivity contribution in [1.29, 1.82) is 0 Å². The molecule has 0 unspecified atom stereocenters. The summed E-state index contributed by atoms with van der Waals surface area (Å²) in [5.74, 6) is 0.880. The first kappa shape index (κ1) is 17.5. The molecule has 0 aliphatic rings. The normalized spacial score (nSPS) is 12.0. The van der Waals surface area contributed by atoms with Crippen LogP contribution in [0.25, 0.3) is 0 Å². The summed E-state index contributed by atoms with van der Waals surface area (Å²) in [5.41, 5.74) is 3.41. The number of hydrogen-bond acceptors (Lipinski definition) is 3. The zero-order chi connectivity index (χ0) is 16.8. The van der Waals surface area contributed by atoms with Crippen LogP contribution in [0.15, 0.2) is 41.0 Å². The molecule has 1 aromatic heterocycles. The van der Waals surface area contributed by atoms with Crippen molar-refractivity contribution in [3.63, 3.8) is 0 Å². The van der Waals surface area contributed by atoms with E-state index in [-0.39, 0.29) is 6.04 Å². The van der Waals surface area contributed by atoms with Crippen molar-refractivity contribution < 1.29 is 9.15 Å². The van der Waals surface area contributed by atoms with Gasteiger partial charge in [0.15, 0.2) is 5.11 Å². The number of hydrogen-bond donors (Lipinski definition) is 1. The number of furan rings is 1. The standard InChI is InChI=1S/C18H24N2O2S/c1-13-10-14(2)12-16(11-13)19-18(23)20(7-9-21-4)15(3)17-6-5-8-22-17/h5-6,8,10-12,15H,7,9H2,1-4H3,(H,19,23)/t15-/m1/s1. The number of ether oxygens (including phenoxy) is 1. The SMILES string of the molecule is COCCN(C(=S)Nc1cc(C)cc(C)c1)[C@H](C)c1ccco1. The molecule has 0 spiro atoms. The number of rotatable bonds is 6. The van der Waals surface area contributed by atoms with Crippen LogP contribution in [-0.4, -0.2) is 30.3 Å². The van der Waals surface area contributed by atoms with Crippen LogP contribution in [0.4, 0.5) is 5.69 Å². The summed E-state index contributed by atoms with van der Waals surface area (Å²) in [6.45, 7) is 7.52. The number of methoxy groups -OCH3 is 1. The van der Waals surface area contributed by atoms with E-state index in [1.165, 1.54) is 11.1 Å². The highest BCUT2D eigenvalue weighted by Gasteiger charge is 2.20. The van der Waals surface area contributed by atoms with Crippen LogP contribution in [0.2, 0.25) is 0 Å². The van der Waals surface area contributed by atoms with E-state index in [0.717, 1.165) is 11.4 Å². The number of benzene rings is 1. The molecule has 1 heterocycles. The number of thiocarbonyl (C=S) groups is 1. The van der Waals surface area contributed by atoms with Gasteiger partial charge in [0.2, 0.25) is 0 Å². The second-order valence-corrected chi connectivity index (χ2v) is 6.07. The molecule has 1 N–H and O–H groups in total. The molecular formula is C18H24N2O2S. The van der Waals surface area contributed by atoms with Crippen molar-refractivity contribution in [2.75, 3.05) is 25.6 Å². The van der Waals surface area contributed by atoms with Crippen molar-refractivity contribution in [2.45, 2.75) is 26.8 Å². The quantitative estimate of drug-likeness (QED) is 0.798. The minimum absolute atomic E-state index is 0.0334. The van der Waals surface area contributed by atoms with Gasteiger partial charge in [0, 0.05) is 19.3 Å². The zero-order valence-electron chi connectivity index (χ0n) is 14.1. The van der Waals surface area contributed by atoms with Gasteiger partial charge in [-0.15, -0.1) is 0 Å². The predicted molar refractivity (Wildman–Crippen MR) is 97.8 cm³/mol. The lowest BCUT2D eigenvalue weighted by Gasteiger charge is -2.30. The van der Waals surface area contributed by atoms with Gasteiger partial charge >= 0.3 is 0 Å². The van der Waals surface area contributed by atoms with Crippen LogP contribution < -0.4 is 5.32 Å². The van der Waals surface area contributed by atoms with E-state index >= 15 is 0 Å². The molecule has 1 atom stereocenters. The molecule has 124 valence electrons. The number of nitrogens with zero attached hydrogens (tertiary/aromatic N) is 1. The monoisotopic (exact) mass is 332 g/mol. The van der Waals surface area contributed by atoms with Crippen LogP contribution in [0.1, 0.15) is 29.9 Å². The van der Waals surface area contributed by atoms with Crippen LogP contribution in [-0.2, 0) is 4.74 Å². The summed E-state index contributed by atoms with van der Waals surface area (Å²) in [7, 11) is 1.69. The lowest BCUT2D eigenvalue weighted by Crippen LogP contribution is -2.39. The molecule has 2 aromatic rings. The van der Waals surface area contributed by atoms with Crippen molar-refractivity contribution in [2.24, 2.45) is 0 Å². The van der Waals surface area contributed by atoms with E-state index in [1.54, 1.807) is 13.4 Å². The predicted octanol–water partition coefficient (Wildman–Crippen LogP) is 4.30. The Kier molecular flexibility index (Phi) is 6.19. The summed E-state index contributed by atoms with van der Waals surface area (Å²) < 4.78 is 10.7. The van der Waals surface area contributed by atoms with E-state index in [1.807, 2.05) is 12.1 Å². The summed E-state index contributed by atoms with van der Waals surface area (Å²) in [5, 5.41) is 4.00. The Labute approximate surface area is 143 Å². The van der Waals surface area contributed by atoms with Crippen molar-refractivity contribution in [3.8, 4) is 0 Å². The smallest absolute Gasteiger partial charge is 0.174 e. The lowest BCUT2D eigenvalue weighted by molar-refractivity contribution is 0.160. The molecule has 23 heavy (non-hydrogen) atoms. The molecule has 2 rings (SSSR count). The first-order valence-electron chi connectivity index (χ1n) is 7.69. The largest absolute Gasteiger partial charge is 0.467 e. The fraction of sp³-hybridized carbons (Fsp3) is 0.389. The van der Waals surface area contributed by atoms with Crippen molar-refractivity contribution in [1.82, 2.24) is 4.90 Å². The third-order valence-corrected chi connectivity index (χ3v) is 4.03. The van der Waals surface area contributed by atoms with E-state index < -0.39 is 0 Å². The van der Waals surface area contributed by atoms with Crippen LogP contribution >= 0.6 is 12.2 Å². The van der Waals surface area contributed by atoms with Crippen LogP contribution in [0.3, 0.4) is 0 Å². The van der Waals surface area contributed by atoms with Crippen LogP contribution in [0.5, 0.6) is 0 Å². The summed E-state index contributed by atoms with van der Waals surface area (Å²) >= 11 is 5.63. The molecule has 0 radical (unpaired) electrons.